The van der Waals surface area contributed by atoms with Gasteiger partial charge in [0.05, 0.1) is 20.3 Å². The van der Waals surface area contributed by atoms with E-state index in [-0.39, 0.29) is 27.5 Å². The molecular weight excluding hydrogens is 465 g/mol. The molecule has 0 spiro atoms. The van der Waals surface area contributed by atoms with Gasteiger partial charge < -0.3 is 10.3 Å². The van der Waals surface area contributed by atoms with Gasteiger partial charge in [-0.2, -0.15) is 13.2 Å². The number of aromatic nitrogens is 3. The first-order valence-electron chi connectivity index (χ1n) is 8.52. The van der Waals surface area contributed by atoms with Gasteiger partial charge in [-0.05, 0) is 30.7 Å². The van der Waals surface area contributed by atoms with Crippen LogP contribution in [0.3, 0.4) is 0 Å². The zero-order chi connectivity index (χ0) is 23.1. The Kier molecular flexibility index (Phi) is 5.98. The summed E-state index contributed by atoms with van der Waals surface area (Å²) in [4.78, 5) is 10.4. The van der Waals surface area contributed by atoms with Gasteiger partial charge in [0, 0.05) is 18.1 Å². The van der Waals surface area contributed by atoms with Crippen LogP contribution in [0.25, 0.3) is 0 Å². The number of halogens is 6. The average molecular weight is 480 g/mol. The highest BCUT2D eigenvalue weighted by molar-refractivity contribution is 7.91. The van der Waals surface area contributed by atoms with Crippen LogP contribution in [0.5, 0.6) is 0 Å². The summed E-state index contributed by atoms with van der Waals surface area (Å²) >= 11 is 5.71. The zero-order valence-corrected chi connectivity index (χ0v) is 17.5. The van der Waals surface area contributed by atoms with Crippen LogP contribution in [0.4, 0.5) is 27.8 Å². The Balaban J connectivity index is 2.10. The van der Waals surface area contributed by atoms with Crippen molar-refractivity contribution in [2.75, 3.05) is 11.6 Å². The molecule has 2 atom stereocenters. The topological polar surface area (TPSA) is 94.5 Å². The first-order valence-corrected chi connectivity index (χ1v) is 10.9. The molecule has 0 aliphatic heterocycles. The highest BCUT2D eigenvalue weighted by Crippen LogP contribution is 2.33. The van der Waals surface area contributed by atoms with Gasteiger partial charge in [-0.15, -0.1) is 0 Å². The van der Waals surface area contributed by atoms with Gasteiger partial charge in [-0.1, -0.05) is 17.7 Å². The lowest BCUT2D eigenvalue weighted by Crippen LogP contribution is -2.17. The molecular formula is C18H15ClF5N5OS. The smallest absolute Gasteiger partial charge is 0.354 e. The number of hydrogen-bond acceptors (Lipinski definition) is 5. The van der Waals surface area contributed by atoms with Crippen molar-refractivity contribution in [2.45, 2.75) is 24.2 Å². The van der Waals surface area contributed by atoms with Gasteiger partial charge in [-0.25, -0.2) is 27.7 Å². The van der Waals surface area contributed by atoms with Crippen molar-refractivity contribution in [1.29, 1.82) is 4.78 Å². The number of aryl methyl sites for hydroxylation is 1. The summed E-state index contributed by atoms with van der Waals surface area (Å²) in [6, 6.07) is 2.80. The molecule has 0 saturated heterocycles. The van der Waals surface area contributed by atoms with E-state index in [1.165, 1.54) is 19.1 Å². The molecule has 2 heterocycles. The van der Waals surface area contributed by atoms with E-state index in [9.17, 15) is 26.2 Å². The third-order valence-electron chi connectivity index (χ3n) is 4.23. The number of aromatic amines is 1. The third-order valence-corrected chi connectivity index (χ3v) is 5.67. The van der Waals surface area contributed by atoms with Crippen molar-refractivity contribution in [3.8, 4) is 0 Å². The largest absolute Gasteiger partial charge is 0.417 e. The normalized spacial score (nSPS) is 14.8. The van der Waals surface area contributed by atoms with E-state index in [2.05, 4.69) is 20.3 Å². The Labute approximate surface area is 178 Å². The average Bonchev–Trinajstić information content (AvgIpc) is 3.04. The predicted octanol–water partition coefficient (Wildman–Crippen LogP) is 5.30. The molecule has 3 rings (SSSR count). The maximum Gasteiger partial charge on any atom is 0.417 e. The maximum atomic E-state index is 14.4. The summed E-state index contributed by atoms with van der Waals surface area (Å²) in [6.45, 7) is 1.51. The molecule has 0 aliphatic carbocycles. The van der Waals surface area contributed by atoms with Gasteiger partial charge >= 0.3 is 6.18 Å². The molecule has 0 amide bonds. The van der Waals surface area contributed by atoms with E-state index < -0.39 is 45.0 Å². The number of benzene rings is 1. The minimum Gasteiger partial charge on any atom is -0.354 e. The molecule has 0 saturated carbocycles. The van der Waals surface area contributed by atoms with Gasteiger partial charge in [0.1, 0.15) is 17.7 Å². The van der Waals surface area contributed by atoms with Crippen LogP contribution in [0.15, 0.2) is 35.5 Å². The lowest BCUT2D eigenvalue weighted by Gasteiger charge is -2.19. The number of H-pyrrole nitrogens is 1. The molecule has 1 unspecified atom stereocenters. The Morgan fingerprint density at radius 2 is 1.90 bits per heavy atom. The molecule has 3 aromatic rings. The van der Waals surface area contributed by atoms with Gasteiger partial charge in [0.25, 0.3) is 0 Å². The lowest BCUT2D eigenvalue weighted by molar-refractivity contribution is -0.138. The summed E-state index contributed by atoms with van der Waals surface area (Å²) in [5.41, 5.74) is -0.809. The van der Waals surface area contributed by atoms with Gasteiger partial charge in [0.15, 0.2) is 16.7 Å². The van der Waals surface area contributed by atoms with E-state index in [0.29, 0.717) is 11.9 Å². The van der Waals surface area contributed by atoms with E-state index in [4.69, 9.17) is 16.4 Å². The van der Waals surface area contributed by atoms with Crippen LogP contribution in [0.1, 0.15) is 28.7 Å². The fourth-order valence-corrected chi connectivity index (χ4v) is 3.85. The molecule has 0 bridgehead atoms. The number of nitrogens with one attached hydrogen (secondary N) is 3. The van der Waals surface area contributed by atoms with Crippen molar-refractivity contribution in [3.05, 3.63) is 69.8 Å². The van der Waals surface area contributed by atoms with Crippen LogP contribution in [-0.2, 0) is 15.9 Å². The van der Waals surface area contributed by atoms with E-state index in [1.54, 1.807) is 0 Å². The van der Waals surface area contributed by atoms with E-state index in [1.807, 2.05) is 0 Å². The Bertz CT molecular complexity index is 1240. The molecule has 0 radical (unpaired) electrons. The number of hydrogen-bond donors (Lipinski definition) is 3. The van der Waals surface area contributed by atoms with Crippen molar-refractivity contribution in [1.82, 2.24) is 15.0 Å². The SMILES string of the molecule is Cc1[nH]c([C@H](Nc2ncc(C(F)(F)F)cc2F)c2ccc(Cl)c(F)c2)nc1S(C)(=N)=O. The molecule has 31 heavy (non-hydrogen) atoms. The minimum atomic E-state index is -4.78. The summed E-state index contributed by atoms with van der Waals surface area (Å²) in [5.74, 6) is -2.61. The van der Waals surface area contributed by atoms with E-state index in [0.717, 1.165) is 12.3 Å². The number of pyridine rings is 1. The summed E-state index contributed by atoms with van der Waals surface area (Å²) < 4.78 is 86.7. The molecule has 0 fully saturated rings. The van der Waals surface area contributed by atoms with Gasteiger partial charge in [-0.3, -0.25) is 0 Å². The van der Waals surface area contributed by atoms with Crippen LogP contribution < -0.4 is 5.32 Å². The number of imidazole rings is 1. The monoisotopic (exact) mass is 479 g/mol. The standard InChI is InChI=1S/C18H15ClF5N5OS/c1-8-17(31(2,25)30)29-16(27-8)14(9-3-4-11(19)12(20)5-9)28-15-13(21)6-10(7-26-15)18(22,23)24/h3-7,14,25H,1-2H3,(H,26,28)(H,27,29)/t14-,31?/m1/s1. The van der Waals surface area contributed by atoms with Crippen molar-refractivity contribution in [3.63, 3.8) is 0 Å². The van der Waals surface area contributed by atoms with Crippen molar-refractivity contribution >= 4 is 27.1 Å². The van der Waals surface area contributed by atoms with E-state index >= 15 is 0 Å². The fraction of sp³-hybridized carbons (Fsp3) is 0.222. The van der Waals surface area contributed by atoms with Crippen LogP contribution in [0.2, 0.25) is 5.02 Å². The molecule has 2 aromatic heterocycles. The molecule has 0 aliphatic rings. The summed E-state index contributed by atoms with van der Waals surface area (Å²) in [5, 5.41) is 2.34. The Morgan fingerprint density at radius 3 is 2.42 bits per heavy atom. The summed E-state index contributed by atoms with van der Waals surface area (Å²) in [7, 11) is -3.23. The van der Waals surface area contributed by atoms with Crippen molar-refractivity contribution < 1.29 is 26.2 Å². The quantitative estimate of drug-likeness (QED) is 0.433. The Hall–Kier alpha value is -2.73. The number of nitrogens with zero attached hydrogens (tertiary/aromatic N) is 2. The molecule has 13 heteroatoms. The molecule has 3 N–H and O–H groups in total. The summed E-state index contributed by atoms with van der Waals surface area (Å²) in [6.07, 6.45) is -3.18. The Morgan fingerprint density at radius 1 is 1.23 bits per heavy atom. The van der Waals surface area contributed by atoms with Crippen LogP contribution in [-0.4, -0.2) is 25.4 Å². The number of anilines is 1. The minimum absolute atomic E-state index is 0.0251. The van der Waals surface area contributed by atoms with Crippen LogP contribution >= 0.6 is 11.6 Å². The first-order chi connectivity index (χ1) is 14.3. The van der Waals surface area contributed by atoms with Crippen molar-refractivity contribution in [2.24, 2.45) is 0 Å². The predicted molar refractivity (Wildman–Crippen MR) is 104 cm³/mol. The highest BCUT2D eigenvalue weighted by Gasteiger charge is 2.32. The third kappa shape index (κ3) is 4.96. The molecule has 6 nitrogen and oxygen atoms in total. The first kappa shape index (κ1) is 22.9. The second-order valence-electron chi connectivity index (χ2n) is 6.70. The zero-order valence-electron chi connectivity index (χ0n) is 15.9. The number of rotatable bonds is 5. The molecule has 1 aromatic carbocycles. The lowest BCUT2D eigenvalue weighted by atomic mass is 10.1. The maximum absolute atomic E-state index is 14.4. The second kappa shape index (κ2) is 8.08. The fourth-order valence-electron chi connectivity index (χ4n) is 2.82. The molecule has 166 valence electrons. The van der Waals surface area contributed by atoms with Gasteiger partial charge in [0.2, 0.25) is 0 Å². The number of alkyl halides is 3. The second-order valence-corrected chi connectivity index (χ2v) is 9.18. The van der Waals surface area contributed by atoms with Crippen LogP contribution in [0, 0.1) is 23.3 Å². The highest BCUT2D eigenvalue weighted by atomic mass is 35.5.